The third-order valence-electron chi connectivity index (χ3n) is 3.59. The molecule has 0 aromatic heterocycles. The van der Waals surface area contributed by atoms with Crippen LogP contribution in [0.25, 0.3) is 0 Å². The predicted octanol–water partition coefficient (Wildman–Crippen LogP) is 3.15. The Labute approximate surface area is 147 Å². The van der Waals surface area contributed by atoms with Crippen molar-refractivity contribution < 1.29 is 19.4 Å². The number of rotatable bonds is 8. The van der Waals surface area contributed by atoms with Crippen molar-refractivity contribution in [2.24, 2.45) is 5.92 Å². The summed E-state index contributed by atoms with van der Waals surface area (Å²) in [5, 5.41) is 11.9. The lowest BCUT2D eigenvalue weighted by Crippen LogP contribution is -2.42. The van der Waals surface area contributed by atoms with E-state index in [1.54, 1.807) is 24.3 Å². The van der Waals surface area contributed by atoms with Gasteiger partial charge >= 0.3 is 5.97 Å². The minimum Gasteiger partial charge on any atom is -0.493 e. The van der Waals surface area contributed by atoms with Crippen LogP contribution in [0.2, 0.25) is 0 Å². The molecule has 0 bridgehead atoms. The van der Waals surface area contributed by atoms with Gasteiger partial charge in [0.15, 0.2) is 0 Å². The average Bonchev–Trinajstić information content (AvgIpc) is 2.60. The highest BCUT2D eigenvalue weighted by atomic mass is 16.5. The fourth-order valence-corrected chi connectivity index (χ4v) is 2.26. The van der Waals surface area contributed by atoms with Gasteiger partial charge in [-0.15, -0.1) is 0 Å². The number of nitrogens with one attached hydrogen (secondary N) is 1. The Bertz CT molecular complexity index is 695. The molecule has 5 heteroatoms. The number of carbonyl (C=O) groups is 2. The fraction of sp³-hybridized carbons (Fsp3) is 0.300. The number of carboxylic acids is 1. The highest BCUT2D eigenvalue weighted by molar-refractivity contribution is 5.96. The first-order chi connectivity index (χ1) is 12.0. The number of hydrogen-bond donors (Lipinski definition) is 2. The Balaban J connectivity index is 1.99. The van der Waals surface area contributed by atoms with Gasteiger partial charge in [0, 0.05) is 12.0 Å². The topological polar surface area (TPSA) is 75.6 Å². The zero-order chi connectivity index (χ0) is 18.2. The van der Waals surface area contributed by atoms with Gasteiger partial charge in [0.2, 0.25) is 0 Å². The van der Waals surface area contributed by atoms with Crippen LogP contribution in [0.3, 0.4) is 0 Å². The van der Waals surface area contributed by atoms with Crippen molar-refractivity contribution in [1.29, 1.82) is 0 Å². The quantitative estimate of drug-likeness (QED) is 0.773. The molecule has 0 saturated heterocycles. The van der Waals surface area contributed by atoms with Crippen LogP contribution < -0.4 is 10.1 Å². The van der Waals surface area contributed by atoms with Crippen molar-refractivity contribution in [1.82, 2.24) is 5.32 Å². The van der Waals surface area contributed by atoms with Crippen LogP contribution in [-0.4, -0.2) is 29.6 Å². The molecule has 132 valence electrons. The van der Waals surface area contributed by atoms with E-state index < -0.39 is 17.9 Å². The summed E-state index contributed by atoms with van der Waals surface area (Å²) in [4.78, 5) is 23.8. The highest BCUT2D eigenvalue weighted by Crippen LogP contribution is 2.14. The maximum atomic E-state index is 12.3. The van der Waals surface area contributed by atoms with Crippen molar-refractivity contribution >= 4 is 11.9 Å². The molecule has 2 N–H and O–H groups in total. The van der Waals surface area contributed by atoms with Gasteiger partial charge in [-0.3, -0.25) is 4.79 Å². The first-order valence-electron chi connectivity index (χ1n) is 8.26. The molecular formula is C20H23NO4. The predicted molar refractivity (Wildman–Crippen MR) is 95.8 cm³/mol. The molecule has 0 aliphatic rings. The van der Waals surface area contributed by atoms with E-state index in [0.29, 0.717) is 23.8 Å². The summed E-state index contributed by atoms with van der Waals surface area (Å²) in [5.41, 5.74) is 1.25. The summed E-state index contributed by atoms with van der Waals surface area (Å²) < 4.78 is 5.57. The zero-order valence-electron chi connectivity index (χ0n) is 14.4. The molecule has 2 rings (SSSR count). The number of carbonyl (C=O) groups excluding carboxylic acids is 1. The molecule has 0 saturated carbocycles. The molecule has 0 spiro atoms. The second-order valence-electron chi connectivity index (χ2n) is 6.28. The largest absolute Gasteiger partial charge is 0.493 e. The summed E-state index contributed by atoms with van der Waals surface area (Å²) in [6.07, 6.45) is 0.234. The SMILES string of the molecule is CC(C)COc1ccc(C(=O)NC(Cc2ccccc2)C(=O)O)cc1. The highest BCUT2D eigenvalue weighted by Gasteiger charge is 2.21. The molecular weight excluding hydrogens is 318 g/mol. The third-order valence-corrected chi connectivity index (χ3v) is 3.59. The van der Waals surface area contributed by atoms with Crippen LogP contribution in [0, 0.1) is 5.92 Å². The normalized spacial score (nSPS) is 11.8. The Hall–Kier alpha value is -2.82. The molecule has 0 aliphatic carbocycles. The lowest BCUT2D eigenvalue weighted by molar-refractivity contribution is -0.139. The molecule has 0 radical (unpaired) electrons. The summed E-state index contributed by atoms with van der Waals surface area (Å²) in [7, 11) is 0. The number of aliphatic carboxylic acids is 1. The van der Waals surface area contributed by atoms with Crippen LogP contribution in [-0.2, 0) is 11.2 Å². The smallest absolute Gasteiger partial charge is 0.326 e. The number of ether oxygens (including phenoxy) is 1. The Kier molecular flexibility index (Phi) is 6.57. The number of hydrogen-bond acceptors (Lipinski definition) is 3. The standard InChI is InChI=1S/C20H23NO4/c1-14(2)13-25-17-10-8-16(9-11-17)19(22)21-18(20(23)24)12-15-6-4-3-5-7-15/h3-11,14,18H,12-13H2,1-2H3,(H,21,22)(H,23,24). The molecule has 1 unspecified atom stereocenters. The third kappa shape index (κ3) is 5.95. The van der Waals surface area contributed by atoms with Crippen molar-refractivity contribution in [3.63, 3.8) is 0 Å². The molecule has 1 amide bonds. The van der Waals surface area contributed by atoms with Crippen molar-refractivity contribution in [2.75, 3.05) is 6.61 Å². The van der Waals surface area contributed by atoms with Gasteiger partial charge in [-0.1, -0.05) is 44.2 Å². The van der Waals surface area contributed by atoms with Crippen molar-refractivity contribution in [3.8, 4) is 5.75 Å². The first-order valence-corrected chi connectivity index (χ1v) is 8.26. The minimum absolute atomic E-state index is 0.234. The van der Waals surface area contributed by atoms with Gasteiger partial charge in [0.1, 0.15) is 11.8 Å². The van der Waals surface area contributed by atoms with Crippen molar-refractivity contribution in [3.05, 3.63) is 65.7 Å². The van der Waals surface area contributed by atoms with E-state index in [-0.39, 0.29) is 6.42 Å². The van der Waals surface area contributed by atoms with Crippen LogP contribution in [0.5, 0.6) is 5.75 Å². The van der Waals surface area contributed by atoms with E-state index in [2.05, 4.69) is 19.2 Å². The first kappa shape index (κ1) is 18.5. The lowest BCUT2D eigenvalue weighted by Gasteiger charge is -2.15. The van der Waals surface area contributed by atoms with E-state index >= 15 is 0 Å². The lowest BCUT2D eigenvalue weighted by atomic mass is 10.1. The number of amides is 1. The molecule has 2 aromatic carbocycles. The van der Waals surface area contributed by atoms with E-state index in [1.165, 1.54) is 0 Å². The van der Waals surface area contributed by atoms with Crippen LogP contribution in [0.1, 0.15) is 29.8 Å². The van der Waals surface area contributed by atoms with Crippen LogP contribution in [0.4, 0.5) is 0 Å². The molecule has 0 aliphatic heterocycles. The average molecular weight is 341 g/mol. The molecule has 0 heterocycles. The van der Waals surface area contributed by atoms with Gasteiger partial charge in [-0.25, -0.2) is 4.79 Å². The van der Waals surface area contributed by atoms with E-state index in [1.807, 2.05) is 30.3 Å². The summed E-state index contributed by atoms with van der Waals surface area (Å²) in [6, 6.07) is 14.9. The maximum Gasteiger partial charge on any atom is 0.326 e. The monoisotopic (exact) mass is 341 g/mol. The Morgan fingerprint density at radius 2 is 1.68 bits per heavy atom. The fourth-order valence-electron chi connectivity index (χ4n) is 2.26. The van der Waals surface area contributed by atoms with Crippen LogP contribution >= 0.6 is 0 Å². The second kappa shape index (κ2) is 8.87. The molecule has 2 aromatic rings. The van der Waals surface area contributed by atoms with Gasteiger partial charge in [-0.05, 0) is 35.7 Å². The summed E-state index contributed by atoms with van der Waals surface area (Å²) in [6.45, 7) is 4.71. The van der Waals surface area contributed by atoms with E-state index in [4.69, 9.17) is 4.74 Å². The van der Waals surface area contributed by atoms with Gasteiger partial charge in [-0.2, -0.15) is 0 Å². The molecule has 5 nitrogen and oxygen atoms in total. The van der Waals surface area contributed by atoms with Gasteiger partial charge in [0.25, 0.3) is 5.91 Å². The molecule has 0 fully saturated rings. The summed E-state index contributed by atoms with van der Waals surface area (Å²) >= 11 is 0. The maximum absolute atomic E-state index is 12.3. The second-order valence-corrected chi connectivity index (χ2v) is 6.28. The Morgan fingerprint density at radius 3 is 2.24 bits per heavy atom. The zero-order valence-corrected chi connectivity index (χ0v) is 14.4. The van der Waals surface area contributed by atoms with Gasteiger partial charge < -0.3 is 15.2 Å². The Morgan fingerprint density at radius 1 is 1.04 bits per heavy atom. The van der Waals surface area contributed by atoms with E-state index in [0.717, 1.165) is 5.56 Å². The van der Waals surface area contributed by atoms with Gasteiger partial charge in [0.05, 0.1) is 6.61 Å². The number of carboxylic acid groups (broad SMARTS) is 1. The number of benzene rings is 2. The summed E-state index contributed by atoms with van der Waals surface area (Å²) in [5.74, 6) is -0.380. The van der Waals surface area contributed by atoms with Crippen LogP contribution in [0.15, 0.2) is 54.6 Å². The minimum atomic E-state index is -1.06. The molecule has 25 heavy (non-hydrogen) atoms. The molecule has 1 atom stereocenters. The van der Waals surface area contributed by atoms with Crippen molar-refractivity contribution in [2.45, 2.75) is 26.3 Å². The van der Waals surface area contributed by atoms with E-state index in [9.17, 15) is 14.7 Å².